The van der Waals surface area contributed by atoms with Gasteiger partial charge < -0.3 is 9.90 Å². The zero-order chi connectivity index (χ0) is 7.28. The van der Waals surface area contributed by atoms with Crippen LogP contribution in [-0.2, 0) is 4.79 Å². The first-order chi connectivity index (χ1) is 4.18. The Bertz CT molecular complexity index is 93.1. The fourth-order valence-corrected chi connectivity index (χ4v) is 0.825. The van der Waals surface area contributed by atoms with Crippen molar-refractivity contribution in [2.45, 2.75) is 31.0 Å². The molecule has 0 N–H and O–H groups in total. The minimum atomic E-state index is -1.01. The normalized spacial score (nSPS) is 13.1. The number of carboxylic acids is 1. The molecule has 0 radical (unpaired) electrons. The number of aliphatic carboxylic acids is 1. The topological polar surface area (TPSA) is 40.1 Å². The van der Waals surface area contributed by atoms with Crippen LogP contribution in [-0.4, -0.2) is 10.8 Å². The molecule has 0 amide bonds. The number of alkyl halides is 1. The first-order valence-corrected chi connectivity index (χ1v) is 3.95. The predicted octanol–water partition coefficient (Wildman–Crippen LogP) is 0.690. The molecule has 0 aromatic rings. The van der Waals surface area contributed by atoms with Gasteiger partial charge in [0.05, 0.1) is 10.8 Å². The van der Waals surface area contributed by atoms with Crippen LogP contribution in [0.2, 0.25) is 0 Å². The minimum Gasteiger partial charge on any atom is -0.549 e. The fraction of sp³-hybridized carbons (Fsp3) is 0.833. The summed E-state index contributed by atoms with van der Waals surface area (Å²) in [5, 5.41) is 10.0. The Balaban J connectivity index is 3.27. The molecule has 1 atom stereocenters. The highest BCUT2D eigenvalue weighted by atomic mass is 79.9. The molecule has 0 aromatic heterocycles. The van der Waals surface area contributed by atoms with Crippen molar-refractivity contribution < 1.29 is 9.90 Å². The molecule has 0 rings (SSSR count). The van der Waals surface area contributed by atoms with Crippen molar-refractivity contribution in [2.24, 2.45) is 0 Å². The molecule has 0 bridgehead atoms. The van der Waals surface area contributed by atoms with Crippen molar-refractivity contribution >= 4 is 21.9 Å². The second-order valence-electron chi connectivity index (χ2n) is 1.93. The van der Waals surface area contributed by atoms with Crippen LogP contribution in [0.1, 0.15) is 26.2 Å². The summed E-state index contributed by atoms with van der Waals surface area (Å²) in [5.74, 6) is -1.01. The molecule has 54 valence electrons. The fourth-order valence-electron chi connectivity index (χ4n) is 0.501. The standard InChI is InChI=1S/C6H11BrO2/c1-2-3-4-5(7)6(8)9/h5H,2-4H2,1H3,(H,8,9)/p-1/t5-/m0/s1. The van der Waals surface area contributed by atoms with Gasteiger partial charge >= 0.3 is 0 Å². The average molecular weight is 194 g/mol. The lowest BCUT2D eigenvalue weighted by atomic mass is 10.2. The lowest BCUT2D eigenvalue weighted by Crippen LogP contribution is -2.31. The van der Waals surface area contributed by atoms with Gasteiger partial charge in [-0.25, -0.2) is 0 Å². The zero-order valence-electron chi connectivity index (χ0n) is 5.39. The number of carbonyl (C=O) groups excluding carboxylic acids is 1. The van der Waals surface area contributed by atoms with Crippen LogP contribution in [0.3, 0.4) is 0 Å². The minimum absolute atomic E-state index is 0.461. The molecular weight excluding hydrogens is 184 g/mol. The number of hydrogen-bond donors (Lipinski definition) is 0. The first kappa shape index (κ1) is 8.95. The van der Waals surface area contributed by atoms with E-state index in [4.69, 9.17) is 0 Å². The Hall–Kier alpha value is -0.0500. The van der Waals surface area contributed by atoms with E-state index in [9.17, 15) is 9.90 Å². The maximum Gasteiger partial charge on any atom is 0.0551 e. The van der Waals surface area contributed by atoms with Crippen LogP contribution < -0.4 is 5.11 Å². The Morgan fingerprint density at radius 1 is 1.78 bits per heavy atom. The van der Waals surface area contributed by atoms with E-state index in [0.29, 0.717) is 6.42 Å². The van der Waals surface area contributed by atoms with E-state index in [1.165, 1.54) is 0 Å². The Labute approximate surface area is 63.4 Å². The second kappa shape index (κ2) is 4.79. The van der Waals surface area contributed by atoms with Crippen molar-refractivity contribution in [2.75, 3.05) is 0 Å². The first-order valence-electron chi connectivity index (χ1n) is 3.03. The third-order valence-electron chi connectivity index (χ3n) is 1.07. The predicted molar refractivity (Wildman–Crippen MR) is 37.2 cm³/mol. The average Bonchev–Trinajstić information content (AvgIpc) is 1.82. The molecule has 3 heteroatoms. The van der Waals surface area contributed by atoms with Gasteiger partial charge in [0.2, 0.25) is 0 Å². The summed E-state index contributed by atoms with van der Waals surface area (Å²) in [7, 11) is 0. The van der Waals surface area contributed by atoms with Crippen molar-refractivity contribution in [1.82, 2.24) is 0 Å². The summed E-state index contributed by atoms with van der Waals surface area (Å²) >= 11 is 2.98. The summed E-state index contributed by atoms with van der Waals surface area (Å²) in [6, 6.07) is 0. The molecule has 2 nitrogen and oxygen atoms in total. The lowest BCUT2D eigenvalue weighted by molar-refractivity contribution is -0.304. The monoisotopic (exact) mass is 193 g/mol. The van der Waals surface area contributed by atoms with Gasteiger partial charge in [-0.1, -0.05) is 35.7 Å². The molecule has 0 aliphatic rings. The highest BCUT2D eigenvalue weighted by Crippen LogP contribution is 2.07. The number of carboxylic acid groups (broad SMARTS) is 1. The van der Waals surface area contributed by atoms with Crippen LogP contribution in [0, 0.1) is 0 Å². The maximum atomic E-state index is 10.0. The smallest absolute Gasteiger partial charge is 0.0551 e. The van der Waals surface area contributed by atoms with E-state index >= 15 is 0 Å². The SMILES string of the molecule is CCCC[C@H](Br)C(=O)[O-]. The molecule has 0 aliphatic carbocycles. The summed E-state index contributed by atoms with van der Waals surface area (Å²) in [4.78, 5) is 9.59. The van der Waals surface area contributed by atoms with Gasteiger partial charge in [0, 0.05) is 0 Å². The van der Waals surface area contributed by atoms with E-state index in [-0.39, 0.29) is 0 Å². The lowest BCUT2D eigenvalue weighted by Gasteiger charge is -2.08. The second-order valence-corrected chi connectivity index (χ2v) is 3.03. The van der Waals surface area contributed by atoms with Gasteiger partial charge in [0.25, 0.3) is 0 Å². The van der Waals surface area contributed by atoms with Crippen LogP contribution in [0.15, 0.2) is 0 Å². The highest BCUT2D eigenvalue weighted by Gasteiger charge is 2.01. The van der Waals surface area contributed by atoms with Crippen LogP contribution in [0.4, 0.5) is 0 Å². The summed E-state index contributed by atoms with van der Waals surface area (Å²) < 4.78 is 0. The van der Waals surface area contributed by atoms with Gasteiger partial charge in [0.15, 0.2) is 0 Å². The molecule has 0 heterocycles. The Morgan fingerprint density at radius 2 is 2.33 bits per heavy atom. The number of rotatable bonds is 4. The van der Waals surface area contributed by atoms with Gasteiger partial charge in [-0.2, -0.15) is 0 Å². The molecule has 0 spiro atoms. The summed E-state index contributed by atoms with van der Waals surface area (Å²) in [5.41, 5.74) is 0. The van der Waals surface area contributed by atoms with Gasteiger partial charge in [-0.15, -0.1) is 0 Å². The van der Waals surface area contributed by atoms with E-state index in [2.05, 4.69) is 15.9 Å². The van der Waals surface area contributed by atoms with Gasteiger partial charge in [-0.3, -0.25) is 0 Å². The Morgan fingerprint density at radius 3 is 2.67 bits per heavy atom. The highest BCUT2D eigenvalue weighted by molar-refractivity contribution is 9.10. The third-order valence-corrected chi connectivity index (χ3v) is 1.90. The van der Waals surface area contributed by atoms with E-state index in [1.807, 2.05) is 6.92 Å². The number of halogens is 1. The Kier molecular flexibility index (Phi) is 4.77. The van der Waals surface area contributed by atoms with Crippen molar-refractivity contribution in [1.29, 1.82) is 0 Å². The largest absolute Gasteiger partial charge is 0.549 e. The van der Waals surface area contributed by atoms with Gasteiger partial charge in [-0.05, 0) is 6.42 Å². The molecule has 0 aliphatic heterocycles. The molecule has 9 heavy (non-hydrogen) atoms. The zero-order valence-corrected chi connectivity index (χ0v) is 6.98. The molecule has 0 saturated carbocycles. The van der Waals surface area contributed by atoms with E-state index in [1.54, 1.807) is 0 Å². The maximum absolute atomic E-state index is 10.0. The molecule has 0 unspecified atom stereocenters. The molecule has 0 saturated heterocycles. The number of hydrogen-bond acceptors (Lipinski definition) is 2. The number of carbonyl (C=O) groups is 1. The molecule has 0 aromatic carbocycles. The quantitative estimate of drug-likeness (QED) is 0.617. The number of unbranched alkanes of at least 4 members (excludes halogenated alkanes) is 1. The van der Waals surface area contributed by atoms with Crippen molar-refractivity contribution in [3.05, 3.63) is 0 Å². The van der Waals surface area contributed by atoms with Crippen molar-refractivity contribution in [3.8, 4) is 0 Å². The van der Waals surface area contributed by atoms with Crippen LogP contribution in [0.5, 0.6) is 0 Å². The van der Waals surface area contributed by atoms with Crippen molar-refractivity contribution in [3.63, 3.8) is 0 Å². The molecule has 0 fully saturated rings. The molecular formula is C6H10BrO2-. The van der Waals surface area contributed by atoms with Crippen LogP contribution >= 0.6 is 15.9 Å². The third kappa shape index (κ3) is 4.45. The van der Waals surface area contributed by atoms with E-state index in [0.717, 1.165) is 12.8 Å². The summed E-state index contributed by atoms with van der Waals surface area (Å²) in [6.07, 6.45) is 2.62. The van der Waals surface area contributed by atoms with Crippen LogP contribution in [0.25, 0.3) is 0 Å². The summed E-state index contributed by atoms with van der Waals surface area (Å²) in [6.45, 7) is 2.02. The van der Waals surface area contributed by atoms with Gasteiger partial charge in [0.1, 0.15) is 0 Å². The van der Waals surface area contributed by atoms with E-state index < -0.39 is 10.8 Å².